The lowest BCUT2D eigenvalue weighted by atomic mass is 10.1. The van der Waals surface area contributed by atoms with Crippen molar-refractivity contribution in [2.45, 2.75) is 19.8 Å². The number of aryl methyl sites for hydroxylation is 2. The highest BCUT2D eigenvalue weighted by Crippen LogP contribution is 2.21. The average Bonchev–Trinajstić information content (AvgIpc) is 2.81. The molecule has 2 aromatic rings. The Morgan fingerprint density at radius 2 is 2.05 bits per heavy atom. The number of oxazole rings is 1. The Kier molecular flexibility index (Phi) is 4.18. The highest BCUT2D eigenvalue weighted by atomic mass is 16.6. The number of aromatic nitrogens is 1. The highest BCUT2D eigenvalue weighted by Gasteiger charge is 2.20. The molecule has 1 aromatic heterocycles. The molecule has 0 fully saturated rings. The van der Waals surface area contributed by atoms with Crippen molar-refractivity contribution >= 4 is 5.97 Å². The van der Waals surface area contributed by atoms with Crippen LogP contribution in [0.5, 0.6) is 5.95 Å². The van der Waals surface area contributed by atoms with Gasteiger partial charge < -0.3 is 14.3 Å². The van der Waals surface area contributed by atoms with Gasteiger partial charge in [0.2, 0.25) is 5.69 Å². The largest absolute Gasteiger partial charge is 0.476 e. The van der Waals surface area contributed by atoms with Crippen LogP contribution in [0.25, 0.3) is 0 Å². The predicted molar refractivity (Wildman–Crippen MR) is 68.5 cm³/mol. The summed E-state index contributed by atoms with van der Waals surface area (Å²) < 4.78 is 10.4. The van der Waals surface area contributed by atoms with Crippen LogP contribution >= 0.6 is 0 Å². The summed E-state index contributed by atoms with van der Waals surface area (Å²) in [5.41, 5.74) is 0.987. The van der Waals surface area contributed by atoms with E-state index in [1.54, 1.807) is 6.92 Å². The lowest BCUT2D eigenvalue weighted by Crippen LogP contribution is -2.01. The Morgan fingerprint density at radius 3 is 2.68 bits per heavy atom. The molecule has 0 aliphatic carbocycles. The minimum Gasteiger partial charge on any atom is -0.476 e. The van der Waals surface area contributed by atoms with E-state index in [0.29, 0.717) is 18.9 Å². The van der Waals surface area contributed by atoms with Crippen LogP contribution in [-0.4, -0.2) is 22.7 Å². The minimum absolute atomic E-state index is 0.0157. The van der Waals surface area contributed by atoms with Crippen molar-refractivity contribution in [3.63, 3.8) is 0 Å². The van der Waals surface area contributed by atoms with E-state index in [1.807, 2.05) is 30.3 Å². The van der Waals surface area contributed by atoms with Crippen molar-refractivity contribution in [3.8, 4) is 5.95 Å². The summed E-state index contributed by atoms with van der Waals surface area (Å²) in [5, 5.41) is 8.99. The van der Waals surface area contributed by atoms with Gasteiger partial charge in [-0.15, -0.1) is 0 Å². The van der Waals surface area contributed by atoms with Gasteiger partial charge in [-0.2, -0.15) is 0 Å². The number of carboxylic acids is 1. The third kappa shape index (κ3) is 3.34. The fourth-order valence-electron chi connectivity index (χ4n) is 1.72. The normalized spacial score (nSPS) is 10.4. The zero-order chi connectivity index (χ0) is 13.7. The summed E-state index contributed by atoms with van der Waals surface area (Å²) in [6.45, 7) is 2.10. The summed E-state index contributed by atoms with van der Waals surface area (Å²) in [5.74, 6) is -0.777. The van der Waals surface area contributed by atoms with Gasteiger partial charge in [0.05, 0.1) is 6.61 Å². The monoisotopic (exact) mass is 261 g/mol. The molecule has 5 nitrogen and oxygen atoms in total. The van der Waals surface area contributed by atoms with Crippen LogP contribution in [0.2, 0.25) is 0 Å². The van der Waals surface area contributed by atoms with Crippen molar-refractivity contribution < 1.29 is 19.1 Å². The molecule has 2 rings (SSSR count). The molecule has 100 valence electrons. The first kappa shape index (κ1) is 13.1. The summed E-state index contributed by atoms with van der Waals surface area (Å²) in [7, 11) is 0. The van der Waals surface area contributed by atoms with Crippen molar-refractivity contribution in [2.24, 2.45) is 0 Å². The fourth-order valence-corrected chi connectivity index (χ4v) is 1.72. The Hall–Kier alpha value is -2.30. The van der Waals surface area contributed by atoms with Gasteiger partial charge in [0.15, 0.2) is 5.89 Å². The van der Waals surface area contributed by atoms with Gasteiger partial charge in [0, 0.05) is 6.42 Å². The Labute approximate surface area is 110 Å². The number of carboxylic acid groups (broad SMARTS) is 1. The SMILES string of the molecule is CCOc1oc(CCc2ccccc2)nc1C(=O)O. The highest BCUT2D eigenvalue weighted by molar-refractivity contribution is 5.87. The maximum absolute atomic E-state index is 11.0. The first-order valence-corrected chi connectivity index (χ1v) is 6.10. The van der Waals surface area contributed by atoms with E-state index in [2.05, 4.69) is 4.98 Å². The predicted octanol–water partition coefficient (Wildman–Crippen LogP) is 2.56. The van der Waals surface area contributed by atoms with Gasteiger partial charge in [-0.3, -0.25) is 0 Å². The lowest BCUT2D eigenvalue weighted by molar-refractivity contribution is 0.0683. The van der Waals surface area contributed by atoms with Gasteiger partial charge in [-0.1, -0.05) is 30.3 Å². The number of carbonyl (C=O) groups is 1. The molecular weight excluding hydrogens is 246 g/mol. The van der Waals surface area contributed by atoms with Gasteiger partial charge >= 0.3 is 11.9 Å². The molecule has 0 radical (unpaired) electrons. The summed E-state index contributed by atoms with van der Waals surface area (Å²) in [6, 6.07) is 9.87. The van der Waals surface area contributed by atoms with Gasteiger partial charge in [0.1, 0.15) is 0 Å². The van der Waals surface area contributed by atoms with Crippen molar-refractivity contribution in [1.29, 1.82) is 0 Å². The molecule has 0 saturated carbocycles. The smallest absolute Gasteiger partial charge is 0.362 e. The number of nitrogens with zero attached hydrogens (tertiary/aromatic N) is 1. The molecule has 0 unspecified atom stereocenters. The Morgan fingerprint density at radius 1 is 1.32 bits per heavy atom. The first-order chi connectivity index (χ1) is 9.20. The second kappa shape index (κ2) is 6.04. The van der Waals surface area contributed by atoms with Crippen LogP contribution in [0.3, 0.4) is 0 Å². The third-order valence-electron chi connectivity index (χ3n) is 2.59. The number of hydrogen-bond donors (Lipinski definition) is 1. The molecule has 0 aliphatic heterocycles. The second-order valence-corrected chi connectivity index (χ2v) is 3.97. The molecule has 0 aliphatic rings. The molecule has 0 spiro atoms. The minimum atomic E-state index is -1.14. The van der Waals surface area contributed by atoms with E-state index < -0.39 is 5.97 Å². The van der Waals surface area contributed by atoms with E-state index in [4.69, 9.17) is 14.3 Å². The van der Waals surface area contributed by atoms with Crippen LogP contribution in [0.15, 0.2) is 34.7 Å². The molecule has 0 atom stereocenters. The molecule has 1 N–H and O–H groups in total. The zero-order valence-electron chi connectivity index (χ0n) is 10.6. The van der Waals surface area contributed by atoms with Crippen LogP contribution in [0, 0.1) is 0 Å². The Balaban J connectivity index is 2.08. The molecule has 1 heterocycles. The van der Waals surface area contributed by atoms with E-state index in [-0.39, 0.29) is 11.6 Å². The number of benzene rings is 1. The fraction of sp³-hybridized carbons (Fsp3) is 0.286. The quantitative estimate of drug-likeness (QED) is 0.865. The summed E-state index contributed by atoms with van der Waals surface area (Å²) >= 11 is 0. The lowest BCUT2D eigenvalue weighted by Gasteiger charge is -1.98. The number of aromatic carboxylic acids is 1. The molecule has 0 bridgehead atoms. The number of ether oxygens (including phenoxy) is 1. The van der Waals surface area contributed by atoms with Crippen molar-refractivity contribution in [1.82, 2.24) is 4.98 Å². The maximum atomic E-state index is 11.0. The van der Waals surface area contributed by atoms with Crippen LogP contribution in [0.4, 0.5) is 0 Å². The van der Waals surface area contributed by atoms with Crippen molar-refractivity contribution in [3.05, 3.63) is 47.5 Å². The zero-order valence-corrected chi connectivity index (χ0v) is 10.6. The van der Waals surface area contributed by atoms with Crippen LogP contribution in [-0.2, 0) is 12.8 Å². The number of hydrogen-bond acceptors (Lipinski definition) is 4. The third-order valence-corrected chi connectivity index (χ3v) is 2.59. The van der Waals surface area contributed by atoms with Gasteiger partial charge in [0.25, 0.3) is 0 Å². The molecule has 19 heavy (non-hydrogen) atoms. The van der Waals surface area contributed by atoms with Crippen LogP contribution in [0.1, 0.15) is 28.9 Å². The molecule has 1 aromatic carbocycles. The van der Waals surface area contributed by atoms with Crippen molar-refractivity contribution in [2.75, 3.05) is 6.61 Å². The molecular formula is C14H15NO4. The average molecular weight is 261 g/mol. The topological polar surface area (TPSA) is 72.6 Å². The van der Waals surface area contributed by atoms with Gasteiger partial charge in [-0.25, -0.2) is 9.78 Å². The van der Waals surface area contributed by atoms with E-state index >= 15 is 0 Å². The molecule has 5 heteroatoms. The molecule has 0 saturated heterocycles. The van der Waals surface area contributed by atoms with E-state index in [9.17, 15) is 4.79 Å². The van der Waals surface area contributed by atoms with E-state index in [1.165, 1.54) is 0 Å². The van der Waals surface area contributed by atoms with Gasteiger partial charge in [-0.05, 0) is 18.9 Å². The second-order valence-electron chi connectivity index (χ2n) is 3.97. The van der Waals surface area contributed by atoms with E-state index in [0.717, 1.165) is 12.0 Å². The standard InChI is InChI=1S/C14H15NO4/c1-2-18-14-12(13(16)17)15-11(19-14)9-8-10-6-4-3-5-7-10/h3-7H,2,8-9H2,1H3,(H,16,17). The summed E-state index contributed by atoms with van der Waals surface area (Å²) in [4.78, 5) is 14.9. The van der Waals surface area contributed by atoms with Crippen LogP contribution < -0.4 is 4.74 Å². The maximum Gasteiger partial charge on any atom is 0.362 e. The summed E-state index contributed by atoms with van der Waals surface area (Å²) in [6.07, 6.45) is 1.28. The molecule has 0 amide bonds. The Bertz CT molecular complexity index is 548. The first-order valence-electron chi connectivity index (χ1n) is 6.10. The number of rotatable bonds is 6.